The SMILES string of the molecule is CCCC/C=C\CCCCCCCC(=O)OCC(COC(=O)CCCCCCCCCCCC/C=C\C/C=C\C/C=C\CCCCCCC)OC(=O)CCCCCCCCCCCCCCCCCCCCCCC. The maximum Gasteiger partial charge on any atom is 0.306 e. The van der Waals surface area contributed by atoms with Crippen LogP contribution in [0.5, 0.6) is 0 Å². The molecule has 0 amide bonds. The normalized spacial score (nSPS) is 12.3. The van der Waals surface area contributed by atoms with Crippen molar-refractivity contribution in [2.75, 3.05) is 13.2 Å². The first kappa shape index (κ1) is 72.4. The monoisotopic (exact) mass is 1050 g/mol. The molecule has 0 aromatic rings. The molecule has 0 radical (unpaired) electrons. The van der Waals surface area contributed by atoms with Crippen LogP contribution in [0.25, 0.3) is 0 Å². The minimum Gasteiger partial charge on any atom is -0.462 e. The first-order chi connectivity index (χ1) is 37.0. The number of unbranched alkanes of at least 4 members (excludes halogenated alkanes) is 42. The fraction of sp³-hybridized carbons (Fsp3) is 0.841. The highest BCUT2D eigenvalue weighted by atomic mass is 16.6. The Morgan fingerprint density at radius 2 is 0.493 bits per heavy atom. The lowest BCUT2D eigenvalue weighted by Crippen LogP contribution is -2.30. The van der Waals surface area contributed by atoms with Crippen LogP contribution in [0, 0.1) is 0 Å². The fourth-order valence-corrected chi connectivity index (χ4v) is 9.79. The van der Waals surface area contributed by atoms with Crippen molar-refractivity contribution in [2.24, 2.45) is 0 Å². The summed E-state index contributed by atoms with van der Waals surface area (Å²) in [5.74, 6) is -0.866. The number of hydrogen-bond acceptors (Lipinski definition) is 6. The Morgan fingerprint density at radius 1 is 0.267 bits per heavy atom. The van der Waals surface area contributed by atoms with E-state index in [1.54, 1.807) is 0 Å². The van der Waals surface area contributed by atoms with Gasteiger partial charge in [-0.2, -0.15) is 0 Å². The Hall–Kier alpha value is -2.63. The Labute approximate surface area is 467 Å². The predicted octanol–water partition coefficient (Wildman–Crippen LogP) is 22.6. The van der Waals surface area contributed by atoms with E-state index in [2.05, 4.69) is 69.4 Å². The highest BCUT2D eigenvalue weighted by molar-refractivity contribution is 5.71. The third-order valence-corrected chi connectivity index (χ3v) is 14.8. The van der Waals surface area contributed by atoms with Crippen LogP contribution in [0.15, 0.2) is 48.6 Å². The van der Waals surface area contributed by atoms with Crippen molar-refractivity contribution in [1.82, 2.24) is 0 Å². The van der Waals surface area contributed by atoms with E-state index in [1.807, 2.05) is 0 Å². The molecule has 0 spiro atoms. The van der Waals surface area contributed by atoms with Crippen LogP contribution in [-0.4, -0.2) is 37.2 Å². The fourth-order valence-electron chi connectivity index (χ4n) is 9.79. The lowest BCUT2D eigenvalue weighted by Gasteiger charge is -2.18. The van der Waals surface area contributed by atoms with Gasteiger partial charge in [0.15, 0.2) is 6.10 Å². The highest BCUT2D eigenvalue weighted by Crippen LogP contribution is 2.18. The second-order valence-corrected chi connectivity index (χ2v) is 22.4. The van der Waals surface area contributed by atoms with E-state index in [0.29, 0.717) is 19.3 Å². The Morgan fingerprint density at radius 3 is 0.800 bits per heavy atom. The molecule has 0 aliphatic carbocycles. The predicted molar refractivity (Wildman–Crippen MR) is 325 cm³/mol. The lowest BCUT2D eigenvalue weighted by molar-refractivity contribution is -0.167. The van der Waals surface area contributed by atoms with Gasteiger partial charge in [-0.3, -0.25) is 14.4 Å². The molecule has 0 aliphatic heterocycles. The van der Waals surface area contributed by atoms with Crippen LogP contribution < -0.4 is 0 Å². The van der Waals surface area contributed by atoms with E-state index in [0.717, 1.165) is 77.0 Å². The number of allylic oxidation sites excluding steroid dienone is 8. The molecular formula is C69H126O6. The third kappa shape index (κ3) is 62.1. The Balaban J connectivity index is 4.23. The van der Waals surface area contributed by atoms with E-state index < -0.39 is 6.10 Å². The molecule has 0 aromatic carbocycles. The third-order valence-electron chi connectivity index (χ3n) is 14.8. The van der Waals surface area contributed by atoms with Crippen molar-refractivity contribution in [3.8, 4) is 0 Å². The summed E-state index contributed by atoms with van der Waals surface area (Å²) in [5.41, 5.74) is 0. The first-order valence-corrected chi connectivity index (χ1v) is 33.1. The maximum absolute atomic E-state index is 12.9. The number of carbonyl (C=O) groups excluding carboxylic acids is 3. The standard InChI is InChI=1S/C69H126O6/c1-4-7-10-13-16-19-22-24-26-28-30-32-33-34-35-37-38-40-42-44-47-50-53-56-59-62-68(71)74-65-66(64-73-67(70)61-58-55-52-49-46-21-18-15-12-9-6-3)75-69(72)63-60-57-54-51-48-45-43-41-39-36-31-29-27-25-23-20-17-14-11-8-5-2/h15,18,22,24,28,30,33-34,66H,4-14,16-17,19-21,23,25-27,29,31-32,35-65H2,1-3H3/b18-15-,24-22-,30-28-,34-33-. The molecule has 0 rings (SSSR count). The smallest absolute Gasteiger partial charge is 0.306 e. The van der Waals surface area contributed by atoms with Crippen LogP contribution in [0.3, 0.4) is 0 Å². The minimum atomic E-state index is -0.776. The van der Waals surface area contributed by atoms with Crippen molar-refractivity contribution in [1.29, 1.82) is 0 Å². The van der Waals surface area contributed by atoms with E-state index in [4.69, 9.17) is 14.2 Å². The number of rotatable bonds is 61. The van der Waals surface area contributed by atoms with Crippen molar-refractivity contribution >= 4 is 17.9 Å². The summed E-state index contributed by atoms with van der Waals surface area (Å²) in [6.07, 6.45) is 79.9. The molecule has 0 N–H and O–H groups in total. The molecule has 0 heterocycles. The van der Waals surface area contributed by atoms with Gasteiger partial charge in [0, 0.05) is 19.3 Å². The topological polar surface area (TPSA) is 78.9 Å². The second-order valence-electron chi connectivity index (χ2n) is 22.4. The number of carbonyl (C=O) groups is 3. The molecule has 75 heavy (non-hydrogen) atoms. The zero-order chi connectivity index (χ0) is 54.3. The molecular weight excluding hydrogens is 925 g/mol. The van der Waals surface area contributed by atoms with E-state index in [-0.39, 0.29) is 31.1 Å². The van der Waals surface area contributed by atoms with Gasteiger partial charge in [0.05, 0.1) is 0 Å². The van der Waals surface area contributed by atoms with Gasteiger partial charge in [-0.25, -0.2) is 0 Å². The Bertz CT molecular complexity index is 1300. The van der Waals surface area contributed by atoms with E-state index in [9.17, 15) is 14.4 Å². The molecule has 0 bridgehead atoms. The van der Waals surface area contributed by atoms with Crippen LogP contribution in [0.4, 0.5) is 0 Å². The summed E-state index contributed by atoms with van der Waals surface area (Å²) in [4.78, 5) is 38.3. The van der Waals surface area contributed by atoms with Gasteiger partial charge in [0.1, 0.15) is 13.2 Å². The number of ether oxygens (including phenoxy) is 3. The molecule has 6 heteroatoms. The maximum atomic E-state index is 12.9. The summed E-state index contributed by atoms with van der Waals surface area (Å²) in [7, 11) is 0. The van der Waals surface area contributed by atoms with Gasteiger partial charge in [-0.1, -0.05) is 307 Å². The van der Waals surface area contributed by atoms with Crippen molar-refractivity contribution in [2.45, 2.75) is 361 Å². The molecule has 0 aromatic heterocycles. The average Bonchev–Trinajstić information content (AvgIpc) is 3.41. The molecule has 1 atom stereocenters. The van der Waals surface area contributed by atoms with Crippen LogP contribution in [0.1, 0.15) is 355 Å². The summed E-state index contributed by atoms with van der Waals surface area (Å²) < 4.78 is 16.9. The zero-order valence-electron chi connectivity index (χ0n) is 50.3. The van der Waals surface area contributed by atoms with Crippen molar-refractivity contribution < 1.29 is 28.6 Å². The second kappa shape index (κ2) is 63.9. The molecule has 0 saturated heterocycles. The minimum absolute atomic E-state index is 0.0743. The molecule has 6 nitrogen and oxygen atoms in total. The van der Waals surface area contributed by atoms with Gasteiger partial charge in [0.25, 0.3) is 0 Å². The summed E-state index contributed by atoms with van der Waals surface area (Å²) in [6.45, 7) is 6.64. The van der Waals surface area contributed by atoms with Crippen LogP contribution in [0.2, 0.25) is 0 Å². The quantitative estimate of drug-likeness (QED) is 0.0261. The number of hydrogen-bond donors (Lipinski definition) is 0. The van der Waals surface area contributed by atoms with Gasteiger partial charge < -0.3 is 14.2 Å². The molecule has 0 fully saturated rings. The zero-order valence-corrected chi connectivity index (χ0v) is 50.3. The molecule has 438 valence electrons. The summed E-state index contributed by atoms with van der Waals surface area (Å²) in [6, 6.07) is 0. The van der Waals surface area contributed by atoms with Gasteiger partial charge >= 0.3 is 17.9 Å². The van der Waals surface area contributed by atoms with Gasteiger partial charge in [0.2, 0.25) is 0 Å². The highest BCUT2D eigenvalue weighted by Gasteiger charge is 2.19. The van der Waals surface area contributed by atoms with Gasteiger partial charge in [-0.15, -0.1) is 0 Å². The van der Waals surface area contributed by atoms with Crippen LogP contribution >= 0.6 is 0 Å². The molecule has 0 saturated carbocycles. The van der Waals surface area contributed by atoms with Crippen LogP contribution in [-0.2, 0) is 28.6 Å². The Kier molecular flexibility index (Phi) is 61.7. The van der Waals surface area contributed by atoms with Crippen molar-refractivity contribution in [3.63, 3.8) is 0 Å². The first-order valence-electron chi connectivity index (χ1n) is 33.1. The molecule has 0 aliphatic rings. The largest absolute Gasteiger partial charge is 0.462 e. The lowest BCUT2D eigenvalue weighted by atomic mass is 10.0. The van der Waals surface area contributed by atoms with Crippen molar-refractivity contribution in [3.05, 3.63) is 48.6 Å². The molecule has 1 unspecified atom stereocenters. The number of esters is 3. The van der Waals surface area contributed by atoms with E-state index >= 15 is 0 Å². The average molecular weight is 1050 g/mol. The summed E-state index contributed by atoms with van der Waals surface area (Å²) in [5, 5.41) is 0. The van der Waals surface area contributed by atoms with E-state index in [1.165, 1.54) is 238 Å². The summed E-state index contributed by atoms with van der Waals surface area (Å²) >= 11 is 0. The van der Waals surface area contributed by atoms with Gasteiger partial charge in [-0.05, 0) is 77.0 Å².